The summed E-state index contributed by atoms with van der Waals surface area (Å²) in [6.45, 7) is 7.59. The molecule has 0 amide bonds. The van der Waals surface area contributed by atoms with Gasteiger partial charge in [-0.1, -0.05) is 31.3 Å². The number of ether oxygens (including phenoxy) is 1. The van der Waals surface area contributed by atoms with E-state index < -0.39 is 0 Å². The lowest BCUT2D eigenvalue weighted by Crippen LogP contribution is -2.12. The number of hydrogen-bond donors (Lipinski definition) is 1. The van der Waals surface area contributed by atoms with Gasteiger partial charge in [0.25, 0.3) is 0 Å². The fourth-order valence-electron chi connectivity index (χ4n) is 2.45. The largest absolute Gasteiger partial charge is 0.492 e. The molecule has 0 spiro atoms. The van der Waals surface area contributed by atoms with Crippen molar-refractivity contribution in [2.45, 2.75) is 33.7 Å². The molecule has 2 aromatic rings. The minimum atomic E-state index is 0.381. The smallest absolute Gasteiger partial charge is 0.120 e. The lowest BCUT2D eigenvalue weighted by Gasteiger charge is -2.09. The molecule has 0 saturated heterocycles. The lowest BCUT2D eigenvalue weighted by molar-refractivity contribution is 0.289. The summed E-state index contributed by atoms with van der Waals surface area (Å²) in [4.78, 5) is 0.381. The SMILES string of the molecule is CCc1c(C)nn(CCOc2cccc(C(N)=S)c2)c1C. The molecule has 2 N–H and O–H groups in total. The number of nitrogens with zero attached hydrogens (tertiary/aromatic N) is 2. The van der Waals surface area contributed by atoms with Crippen molar-refractivity contribution in [1.82, 2.24) is 9.78 Å². The van der Waals surface area contributed by atoms with Crippen molar-refractivity contribution in [3.63, 3.8) is 0 Å². The molecule has 1 aromatic carbocycles. The average Bonchev–Trinajstić information content (AvgIpc) is 2.73. The molecular formula is C16H21N3OS. The molecule has 0 radical (unpaired) electrons. The fourth-order valence-corrected chi connectivity index (χ4v) is 2.58. The van der Waals surface area contributed by atoms with Gasteiger partial charge in [0.15, 0.2) is 0 Å². The Hall–Kier alpha value is -1.88. The third-order valence-electron chi connectivity index (χ3n) is 3.58. The van der Waals surface area contributed by atoms with E-state index in [1.165, 1.54) is 11.3 Å². The zero-order valence-electron chi connectivity index (χ0n) is 12.7. The van der Waals surface area contributed by atoms with Crippen LogP contribution in [-0.2, 0) is 13.0 Å². The van der Waals surface area contributed by atoms with Gasteiger partial charge in [-0.2, -0.15) is 5.10 Å². The summed E-state index contributed by atoms with van der Waals surface area (Å²) in [7, 11) is 0. The second-order valence-corrected chi connectivity index (χ2v) is 5.41. The van der Waals surface area contributed by atoms with Gasteiger partial charge in [-0.25, -0.2) is 0 Å². The predicted octanol–water partition coefficient (Wildman–Crippen LogP) is 2.78. The normalized spacial score (nSPS) is 10.6. The van der Waals surface area contributed by atoms with Gasteiger partial charge in [-0.3, -0.25) is 4.68 Å². The van der Waals surface area contributed by atoms with Crippen molar-refractivity contribution in [3.05, 3.63) is 46.8 Å². The topological polar surface area (TPSA) is 53.1 Å². The van der Waals surface area contributed by atoms with Gasteiger partial charge in [-0.05, 0) is 38.0 Å². The molecule has 5 heteroatoms. The van der Waals surface area contributed by atoms with E-state index in [0.29, 0.717) is 11.6 Å². The van der Waals surface area contributed by atoms with Crippen LogP contribution in [0.2, 0.25) is 0 Å². The van der Waals surface area contributed by atoms with Crippen molar-refractivity contribution in [3.8, 4) is 5.75 Å². The first-order valence-electron chi connectivity index (χ1n) is 7.08. The molecular weight excluding hydrogens is 282 g/mol. The monoisotopic (exact) mass is 303 g/mol. The summed E-state index contributed by atoms with van der Waals surface area (Å²) < 4.78 is 7.77. The Morgan fingerprint density at radius 1 is 1.38 bits per heavy atom. The number of aryl methyl sites for hydroxylation is 1. The maximum atomic E-state index is 5.76. The highest BCUT2D eigenvalue weighted by molar-refractivity contribution is 7.80. The Bertz CT molecular complexity index is 649. The van der Waals surface area contributed by atoms with Crippen molar-refractivity contribution < 1.29 is 4.74 Å². The Morgan fingerprint density at radius 2 is 2.14 bits per heavy atom. The second-order valence-electron chi connectivity index (χ2n) is 4.97. The van der Waals surface area contributed by atoms with Crippen LogP contribution in [0.15, 0.2) is 24.3 Å². The number of aromatic nitrogens is 2. The van der Waals surface area contributed by atoms with Crippen LogP contribution in [0.1, 0.15) is 29.4 Å². The molecule has 112 valence electrons. The van der Waals surface area contributed by atoms with E-state index in [0.717, 1.165) is 30.0 Å². The Balaban J connectivity index is 1.99. The van der Waals surface area contributed by atoms with Crippen molar-refractivity contribution >= 4 is 17.2 Å². The van der Waals surface area contributed by atoms with Gasteiger partial charge in [0.1, 0.15) is 17.3 Å². The minimum Gasteiger partial charge on any atom is -0.492 e. The van der Waals surface area contributed by atoms with E-state index in [2.05, 4.69) is 25.9 Å². The highest BCUT2D eigenvalue weighted by Gasteiger charge is 2.09. The molecule has 0 aliphatic heterocycles. The molecule has 0 aliphatic rings. The molecule has 0 bridgehead atoms. The fraction of sp³-hybridized carbons (Fsp3) is 0.375. The average molecular weight is 303 g/mol. The number of benzene rings is 1. The Labute approximate surface area is 130 Å². The minimum absolute atomic E-state index is 0.381. The van der Waals surface area contributed by atoms with Gasteiger partial charge in [0.05, 0.1) is 12.2 Å². The standard InChI is InChI=1S/C16H21N3OS/c1-4-15-11(2)18-19(12(15)3)8-9-20-14-7-5-6-13(10-14)16(17)21/h5-7,10H,4,8-9H2,1-3H3,(H2,17,21). The van der Waals surface area contributed by atoms with Crippen LogP contribution in [-0.4, -0.2) is 21.4 Å². The summed E-state index contributed by atoms with van der Waals surface area (Å²) in [5.41, 5.74) is 10.1. The highest BCUT2D eigenvalue weighted by atomic mass is 32.1. The Kier molecular flexibility index (Phi) is 4.96. The van der Waals surface area contributed by atoms with Gasteiger partial charge >= 0.3 is 0 Å². The number of rotatable bonds is 6. The third kappa shape index (κ3) is 3.61. The Morgan fingerprint density at radius 3 is 2.76 bits per heavy atom. The molecule has 0 unspecified atom stereocenters. The maximum Gasteiger partial charge on any atom is 0.120 e. The van der Waals surface area contributed by atoms with E-state index in [4.69, 9.17) is 22.7 Å². The zero-order valence-corrected chi connectivity index (χ0v) is 13.5. The van der Waals surface area contributed by atoms with Gasteiger partial charge in [-0.15, -0.1) is 0 Å². The van der Waals surface area contributed by atoms with E-state index in [1.807, 2.05) is 28.9 Å². The molecule has 0 aliphatic carbocycles. The van der Waals surface area contributed by atoms with Gasteiger partial charge in [0.2, 0.25) is 0 Å². The first-order valence-corrected chi connectivity index (χ1v) is 7.49. The first-order chi connectivity index (χ1) is 10.0. The molecule has 0 saturated carbocycles. The van der Waals surface area contributed by atoms with E-state index in [-0.39, 0.29) is 0 Å². The summed E-state index contributed by atoms with van der Waals surface area (Å²) in [5, 5.41) is 4.55. The van der Waals surface area contributed by atoms with Crippen molar-refractivity contribution in [2.75, 3.05) is 6.61 Å². The summed E-state index contributed by atoms with van der Waals surface area (Å²) in [5.74, 6) is 0.776. The molecule has 4 nitrogen and oxygen atoms in total. The predicted molar refractivity (Wildman–Crippen MR) is 88.9 cm³/mol. The van der Waals surface area contributed by atoms with Crippen LogP contribution in [0.4, 0.5) is 0 Å². The summed E-state index contributed by atoms with van der Waals surface area (Å²) in [6.07, 6.45) is 1.01. The zero-order chi connectivity index (χ0) is 15.4. The second kappa shape index (κ2) is 6.72. The molecule has 2 rings (SSSR count). The van der Waals surface area contributed by atoms with Gasteiger partial charge in [0, 0.05) is 11.3 Å². The van der Waals surface area contributed by atoms with Crippen molar-refractivity contribution in [1.29, 1.82) is 0 Å². The number of hydrogen-bond acceptors (Lipinski definition) is 3. The van der Waals surface area contributed by atoms with E-state index in [1.54, 1.807) is 0 Å². The van der Waals surface area contributed by atoms with Crippen LogP contribution in [0.3, 0.4) is 0 Å². The lowest BCUT2D eigenvalue weighted by atomic mass is 10.1. The summed E-state index contributed by atoms with van der Waals surface area (Å²) >= 11 is 4.97. The maximum absolute atomic E-state index is 5.76. The molecule has 0 atom stereocenters. The van der Waals surface area contributed by atoms with Crippen LogP contribution < -0.4 is 10.5 Å². The van der Waals surface area contributed by atoms with Gasteiger partial charge < -0.3 is 10.5 Å². The molecule has 1 aromatic heterocycles. The van der Waals surface area contributed by atoms with E-state index in [9.17, 15) is 0 Å². The molecule has 21 heavy (non-hydrogen) atoms. The molecule has 1 heterocycles. The van der Waals surface area contributed by atoms with E-state index >= 15 is 0 Å². The third-order valence-corrected chi connectivity index (χ3v) is 3.81. The van der Waals surface area contributed by atoms with Crippen LogP contribution in [0.25, 0.3) is 0 Å². The summed E-state index contributed by atoms with van der Waals surface area (Å²) in [6, 6.07) is 7.54. The molecule has 0 fully saturated rings. The number of thiocarbonyl (C=S) groups is 1. The number of nitrogens with two attached hydrogens (primary N) is 1. The van der Waals surface area contributed by atoms with Crippen LogP contribution in [0, 0.1) is 13.8 Å². The van der Waals surface area contributed by atoms with Crippen LogP contribution in [0.5, 0.6) is 5.75 Å². The quantitative estimate of drug-likeness (QED) is 0.834. The first kappa shape index (κ1) is 15.5. The van der Waals surface area contributed by atoms with Crippen LogP contribution >= 0.6 is 12.2 Å². The van der Waals surface area contributed by atoms with Crippen molar-refractivity contribution in [2.24, 2.45) is 5.73 Å². The highest BCUT2D eigenvalue weighted by Crippen LogP contribution is 2.15.